The Kier molecular flexibility index (Phi) is 2.76. The SMILES string of the molecule is CC1(OS(C)(=O)=O)Cc2cc(Br)ccc2O1. The first kappa shape index (κ1) is 11.9. The summed E-state index contributed by atoms with van der Waals surface area (Å²) < 4.78 is 33.6. The van der Waals surface area contributed by atoms with E-state index in [1.807, 2.05) is 12.1 Å². The lowest BCUT2D eigenvalue weighted by Crippen LogP contribution is -2.35. The van der Waals surface area contributed by atoms with Crippen LogP contribution in [-0.2, 0) is 20.7 Å². The molecule has 6 heteroatoms. The molecule has 0 amide bonds. The summed E-state index contributed by atoms with van der Waals surface area (Å²) in [5.41, 5.74) is 0.931. The first-order valence-electron chi connectivity index (χ1n) is 4.65. The van der Waals surface area contributed by atoms with E-state index in [9.17, 15) is 8.42 Å². The Hall–Kier alpha value is -0.590. The molecule has 0 saturated heterocycles. The van der Waals surface area contributed by atoms with Crippen molar-refractivity contribution in [2.24, 2.45) is 0 Å². The molecule has 0 radical (unpaired) electrons. The molecule has 1 unspecified atom stereocenters. The number of fused-ring (bicyclic) bond motifs is 1. The lowest BCUT2D eigenvalue weighted by atomic mass is 10.1. The van der Waals surface area contributed by atoms with Gasteiger partial charge in [-0.3, -0.25) is 0 Å². The van der Waals surface area contributed by atoms with Crippen LogP contribution in [0.4, 0.5) is 0 Å². The molecule has 1 aliphatic heterocycles. The van der Waals surface area contributed by atoms with Gasteiger partial charge in [-0.2, -0.15) is 8.42 Å². The average molecular weight is 307 g/mol. The second-order valence-corrected chi connectivity index (χ2v) is 6.44. The van der Waals surface area contributed by atoms with E-state index in [0.29, 0.717) is 12.2 Å². The van der Waals surface area contributed by atoms with Crippen LogP contribution in [0.1, 0.15) is 12.5 Å². The van der Waals surface area contributed by atoms with Crippen LogP contribution in [-0.4, -0.2) is 20.5 Å². The highest BCUT2D eigenvalue weighted by atomic mass is 79.9. The predicted molar refractivity (Wildman–Crippen MR) is 62.8 cm³/mol. The van der Waals surface area contributed by atoms with Crippen LogP contribution in [0.3, 0.4) is 0 Å². The Bertz CT molecular complexity index is 526. The second kappa shape index (κ2) is 3.72. The fourth-order valence-corrected chi connectivity index (χ4v) is 2.91. The van der Waals surface area contributed by atoms with Gasteiger partial charge < -0.3 is 4.74 Å². The molecule has 0 bridgehead atoms. The minimum atomic E-state index is -3.53. The first-order valence-corrected chi connectivity index (χ1v) is 7.26. The van der Waals surface area contributed by atoms with Crippen molar-refractivity contribution in [1.82, 2.24) is 0 Å². The van der Waals surface area contributed by atoms with Crippen LogP contribution < -0.4 is 4.74 Å². The first-order chi connectivity index (χ1) is 7.27. The van der Waals surface area contributed by atoms with Crippen molar-refractivity contribution in [3.05, 3.63) is 28.2 Å². The Morgan fingerprint density at radius 3 is 2.81 bits per heavy atom. The number of hydrogen-bond donors (Lipinski definition) is 0. The molecule has 1 aliphatic rings. The summed E-state index contributed by atoms with van der Waals surface area (Å²) in [6.07, 6.45) is 1.43. The average Bonchev–Trinajstić information content (AvgIpc) is 2.35. The van der Waals surface area contributed by atoms with Crippen LogP contribution in [0.5, 0.6) is 5.75 Å². The smallest absolute Gasteiger partial charge is 0.267 e. The summed E-state index contributed by atoms with van der Waals surface area (Å²) in [6, 6.07) is 5.52. The molecule has 0 aromatic heterocycles. The van der Waals surface area contributed by atoms with Crippen molar-refractivity contribution in [3.8, 4) is 5.75 Å². The zero-order valence-corrected chi connectivity index (χ0v) is 11.3. The van der Waals surface area contributed by atoms with Crippen molar-refractivity contribution in [2.75, 3.05) is 6.26 Å². The lowest BCUT2D eigenvalue weighted by Gasteiger charge is -2.22. The zero-order chi connectivity index (χ0) is 12.0. The van der Waals surface area contributed by atoms with E-state index in [1.54, 1.807) is 13.0 Å². The van der Waals surface area contributed by atoms with Crippen LogP contribution in [0, 0.1) is 0 Å². The Labute approximate surface area is 103 Å². The second-order valence-electron chi connectivity index (χ2n) is 3.95. The van der Waals surface area contributed by atoms with E-state index in [0.717, 1.165) is 16.3 Å². The van der Waals surface area contributed by atoms with Gasteiger partial charge in [0.05, 0.1) is 6.26 Å². The molecule has 1 aromatic rings. The van der Waals surface area contributed by atoms with E-state index in [4.69, 9.17) is 8.92 Å². The fraction of sp³-hybridized carbons (Fsp3) is 0.400. The number of hydrogen-bond acceptors (Lipinski definition) is 4. The molecule has 0 saturated carbocycles. The van der Waals surface area contributed by atoms with Crippen molar-refractivity contribution in [3.63, 3.8) is 0 Å². The summed E-state index contributed by atoms with van der Waals surface area (Å²) in [5.74, 6) is -0.467. The zero-order valence-electron chi connectivity index (χ0n) is 8.86. The normalized spacial score (nSPS) is 23.9. The van der Waals surface area contributed by atoms with Gasteiger partial charge in [0.25, 0.3) is 10.1 Å². The number of rotatable bonds is 2. The highest BCUT2D eigenvalue weighted by molar-refractivity contribution is 9.10. The number of ether oxygens (including phenoxy) is 1. The van der Waals surface area contributed by atoms with Gasteiger partial charge in [-0.05, 0) is 18.2 Å². The van der Waals surface area contributed by atoms with Gasteiger partial charge >= 0.3 is 0 Å². The highest BCUT2D eigenvalue weighted by Crippen LogP contribution is 2.37. The van der Waals surface area contributed by atoms with Gasteiger partial charge in [-0.15, -0.1) is 0 Å². The minimum absolute atomic E-state index is 0.412. The maximum absolute atomic E-state index is 11.1. The van der Waals surface area contributed by atoms with Gasteiger partial charge in [-0.25, -0.2) is 4.18 Å². The monoisotopic (exact) mass is 306 g/mol. The molecular weight excluding hydrogens is 296 g/mol. The summed E-state index contributed by atoms with van der Waals surface area (Å²) in [4.78, 5) is 0. The predicted octanol–water partition coefficient (Wildman–Crippen LogP) is 2.08. The fourth-order valence-electron chi connectivity index (χ4n) is 1.77. The van der Waals surface area contributed by atoms with Crippen LogP contribution in [0.2, 0.25) is 0 Å². The minimum Gasteiger partial charge on any atom is -0.461 e. The third kappa shape index (κ3) is 2.56. The standard InChI is InChI=1S/C10H11BrO4S/c1-10(15-16(2,12)13)6-7-5-8(11)3-4-9(7)14-10/h3-5H,6H2,1-2H3. The third-order valence-electron chi connectivity index (χ3n) is 2.19. The van der Waals surface area contributed by atoms with Crippen LogP contribution in [0.15, 0.2) is 22.7 Å². The summed E-state index contributed by atoms with van der Waals surface area (Å²) in [6.45, 7) is 1.61. The van der Waals surface area contributed by atoms with E-state index >= 15 is 0 Å². The van der Waals surface area contributed by atoms with Gasteiger partial charge in [0.2, 0.25) is 5.79 Å². The van der Waals surface area contributed by atoms with E-state index in [1.165, 1.54) is 0 Å². The molecule has 0 N–H and O–H groups in total. The van der Waals surface area contributed by atoms with E-state index in [2.05, 4.69) is 15.9 Å². The van der Waals surface area contributed by atoms with Crippen molar-refractivity contribution in [1.29, 1.82) is 0 Å². The molecule has 88 valence electrons. The lowest BCUT2D eigenvalue weighted by molar-refractivity contribution is -0.0742. The van der Waals surface area contributed by atoms with Crippen LogP contribution >= 0.6 is 15.9 Å². The topological polar surface area (TPSA) is 52.6 Å². The molecule has 16 heavy (non-hydrogen) atoms. The molecule has 0 aliphatic carbocycles. The molecular formula is C10H11BrO4S. The van der Waals surface area contributed by atoms with Crippen LogP contribution in [0.25, 0.3) is 0 Å². The van der Waals surface area contributed by atoms with Crippen molar-refractivity contribution in [2.45, 2.75) is 19.1 Å². The quantitative estimate of drug-likeness (QED) is 0.785. The largest absolute Gasteiger partial charge is 0.461 e. The Balaban J connectivity index is 2.28. The molecule has 0 fully saturated rings. The molecule has 0 spiro atoms. The highest BCUT2D eigenvalue weighted by Gasteiger charge is 2.39. The van der Waals surface area contributed by atoms with E-state index in [-0.39, 0.29) is 0 Å². The van der Waals surface area contributed by atoms with Gasteiger partial charge in [0.15, 0.2) is 0 Å². The number of benzene rings is 1. The van der Waals surface area contributed by atoms with Gasteiger partial charge in [0.1, 0.15) is 5.75 Å². The molecule has 1 heterocycles. The summed E-state index contributed by atoms with van der Waals surface area (Å²) in [7, 11) is -3.53. The maximum Gasteiger partial charge on any atom is 0.267 e. The van der Waals surface area contributed by atoms with Gasteiger partial charge in [-0.1, -0.05) is 15.9 Å². The molecule has 4 nitrogen and oxygen atoms in total. The summed E-state index contributed by atoms with van der Waals surface area (Å²) >= 11 is 3.35. The third-order valence-corrected chi connectivity index (χ3v) is 3.34. The maximum atomic E-state index is 11.1. The van der Waals surface area contributed by atoms with Gasteiger partial charge in [0, 0.05) is 23.4 Å². The number of halogens is 1. The Morgan fingerprint density at radius 2 is 2.19 bits per heavy atom. The molecule has 1 atom stereocenters. The molecule has 2 rings (SSSR count). The molecule has 1 aromatic carbocycles. The van der Waals surface area contributed by atoms with Crippen molar-refractivity contribution < 1.29 is 17.3 Å². The van der Waals surface area contributed by atoms with E-state index < -0.39 is 15.9 Å². The summed E-state index contributed by atoms with van der Waals surface area (Å²) in [5, 5.41) is 0. The Morgan fingerprint density at radius 1 is 1.50 bits per heavy atom. The van der Waals surface area contributed by atoms with Crippen molar-refractivity contribution >= 4 is 26.0 Å².